The molecule has 112 valence electrons. The summed E-state index contributed by atoms with van der Waals surface area (Å²) in [5.74, 6) is 1.77. The zero-order valence-corrected chi connectivity index (χ0v) is 12.2. The molecular formula is C15H19N2O4+. The van der Waals surface area contributed by atoms with Crippen molar-refractivity contribution < 1.29 is 23.9 Å². The van der Waals surface area contributed by atoms with E-state index in [9.17, 15) is 4.79 Å². The van der Waals surface area contributed by atoms with Crippen LogP contribution in [0.5, 0.6) is 17.2 Å². The van der Waals surface area contributed by atoms with E-state index in [2.05, 4.69) is 11.9 Å². The van der Waals surface area contributed by atoms with Crippen molar-refractivity contribution in [2.75, 3.05) is 27.5 Å². The molecule has 0 spiro atoms. The predicted molar refractivity (Wildman–Crippen MR) is 75.7 cm³/mol. The highest BCUT2D eigenvalue weighted by Gasteiger charge is 2.37. The third-order valence-corrected chi connectivity index (χ3v) is 3.99. The SMILES string of the molecule is C=CC(=O)N[C@@H]1c2c(cc3c(c2OC)OCO3)CC[NH+]1C. The average molecular weight is 291 g/mol. The van der Waals surface area contributed by atoms with E-state index in [1.165, 1.54) is 11.0 Å². The van der Waals surface area contributed by atoms with Gasteiger partial charge in [0, 0.05) is 6.42 Å². The van der Waals surface area contributed by atoms with Crippen LogP contribution >= 0.6 is 0 Å². The van der Waals surface area contributed by atoms with Crippen molar-refractivity contribution in [1.82, 2.24) is 5.32 Å². The van der Waals surface area contributed by atoms with Crippen LogP contribution in [0.25, 0.3) is 0 Å². The number of fused-ring (bicyclic) bond motifs is 2. The highest BCUT2D eigenvalue weighted by Crippen LogP contribution is 2.46. The molecule has 1 aromatic rings. The largest absolute Gasteiger partial charge is 0.492 e. The Kier molecular flexibility index (Phi) is 3.47. The number of quaternary nitrogens is 1. The Hall–Kier alpha value is -2.21. The molecule has 6 nitrogen and oxygen atoms in total. The van der Waals surface area contributed by atoms with Crippen molar-refractivity contribution in [2.24, 2.45) is 0 Å². The van der Waals surface area contributed by atoms with Crippen molar-refractivity contribution in [1.29, 1.82) is 0 Å². The van der Waals surface area contributed by atoms with E-state index >= 15 is 0 Å². The van der Waals surface area contributed by atoms with Gasteiger partial charge in [-0.1, -0.05) is 6.58 Å². The Balaban J connectivity index is 2.11. The number of amides is 1. The van der Waals surface area contributed by atoms with Crippen molar-refractivity contribution >= 4 is 5.91 Å². The van der Waals surface area contributed by atoms with Crippen molar-refractivity contribution in [3.63, 3.8) is 0 Å². The van der Waals surface area contributed by atoms with E-state index in [-0.39, 0.29) is 18.9 Å². The summed E-state index contributed by atoms with van der Waals surface area (Å²) in [4.78, 5) is 12.9. The van der Waals surface area contributed by atoms with Gasteiger partial charge in [0.05, 0.1) is 26.3 Å². The van der Waals surface area contributed by atoms with Gasteiger partial charge in [-0.25, -0.2) is 0 Å². The number of carbonyl (C=O) groups is 1. The molecule has 21 heavy (non-hydrogen) atoms. The third-order valence-electron chi connectivity index (χ3n) is 3.99. The molecule has 6 heteroatoms. The van der Waals surface area contributed by atoms with Crippen molar-refractivity contribution in [3.8, 4) is 17.2 Å². The number of methoxy groups -OCH3 is 1. The molecule has 1 amide bonds. The maximum Gasteiger partial charge on any atom is 0.248 e. The van der Waals surface area contributed by atoms with Crippen molar-refractivity contribution in [2.45, 2.75) is 12.6 Å². The Morgan fingerprint density at radius 1 is 1.57 bits per heavy atom. The molecule has 1 aromatic carbocycles. The summed E-state index contributed by atoms with van der Waals surface area (Å²) in [5.41, 5.74) is 2.08. The van der Waals surface area contributed by atoms with Crippen molar-refractivity contribution in [3.05, 3.63) is 29.8 Å². The lowest BCUT2D eigenvalue weighted by Gasteiger charge is -2.32. The lowest BCUT2D eigenvalue weighted by atomic mass is 9.95. The number of rotatable bonds is 3. The highest BCUT2D eigenvalue weighted by molar-refractivity contribution is 5.87. The van der Waals surface area contributed by atoms with Gasteiger partial charge in [-0.15, -0.1) is 0 Å². The quantitative estimate of drug-likeness (QED) is 0.757. The Labute approximate surface area is 123 Å². The van der Waals surface area contributed by atoms with Crippen LogP contribution in [0.4, 0.5) is 0 Å². The molecule has 2 heterocycles. The fourth-order valence-corrected chi connectivity index (χ4v) is 2.92. The van der Waals surface area contributed by atoms with Crippen LogP contribution in [0.3, 0.4) is 0 Å². The molecule has 2 aliphatic rings. The molecular weight excluding hydrogens is 272 g/mol. The highest BCUT2D eigenvalue weighted by atomic mass is 16.7. The molecule has 0 radical (unpaired) electrons. The van der Waals surface area contributed by atoms with Crippen LogP contribution < -0.4 is 24.4 Å². The predicted octanol–water partition coefficient (Wildman–Crippen LogP) is -0.204. The first-order valence-electron chi connectivity index (χ1n) is 6.90. The Morgan fingerprint density at radius 3 is 3.10 bits per heavy atom. The second-order valence-corrected chi connectivity index (χ2v) is 5.21. The summed E-state index contributed by atoms with van der Waals surface area (Å²) in [6, 6.07) is 1.99. The maximum absolute atomic E-state index is 11.7. The summed E-state index contributed by atoms with van der Waals surface area (Å²) < 4.78 is 16.5. The van der Waals surface area contributed by atoms with Gasteiger partial charge in [0.1, 0.15) is 0 Å². The Morgan fingerprint density at radius 2 is 2.38 bits per heavy atom. The fourth-order valence-electron chi connectivity index (χ4n) is 2.92. The topological polar surface area (TPSA) is 61.2 Å². The second kappa shape index (κ2) is 5.29. The lowest BCUT2D eigenvalue weighted by molar-refractivity contribution is -0.917. The maximum atomic E-state index is 11.7. The van der Waals surface area contributed by atoms with Gasteiger partial charge in [-0.2, -0.15) is 0 Å². The van der Waals surface area contributed by atoms with Gasteiger partial charge < -0.3 is 19.1 Å². The van der Waals surface area contributed by atoms with Crippen LogP contribution in [0.2, 0.25) is 0 Å². The number of hydrogen-bond donors (Lipinski definition) is 2. The number of nitrogens with one attached hydrogen (secondary N) is 2. The number of likely N-dealkylation sites (N-methyl/N-ethyl adjacent to an activating group) is 1. The minimum atomic E-state index is -0.202. The molecule has 0 aliphatic carbocycles. The number of benzene rings is 1. The van der Waals surface area contributed by atoms with Gasteiger partial charge in [0.2, 0.25) is 18.4 Å². The van der Waals surface area contributed by atoms with E-state index in [1.54, 1.807) is 7.11 Å². The van der Waals surface area contributed by atoms with Crippen LogP contribution in [0.1, 0.15) is 17.3 Å². The van der Waals surface area contributed by atoms with Crippen LogP contribution in [0, 0.1) is 0 Å². The van der Waals surface area contributed by atoms with Crippen LogP contribution in [-0.4, -0.2) is 33.4 Å². The number of carbonyl (C=O) groups excluding carboxylic acids is 1. The average Bonchev–Trinajstić information content (AvgIpc) is 2.95. The van der Waals surface area contributed by atoms with E-state index in [0.717, 1.165) is 24.1 Å². The first-order chi connectivity index (χ1) is 10.2. The van der Waals surface area contributed by atoms with E-state index in [0.29, 0.717) is 17.2 Å². The molecule has 2 aliphatic heterocycles. The summed E-state index contributed by atoms with van der Waals surface area (Å²) >= 11 is 0. The summed E-state index contributed by atoms with van der Waals surface area (Å²) in [6.45, 7) is 4.62. The minimum absolute atomic E-state index is 0.191. The summed E-state index contributed by atoms with van der Waals surface area (Å²) in [7, 11) is 3.65. The standard InChI is InChI=1S/C15H18N2O4/c1-4-11(18)16-15-12-9(5-6-17(15)2)7-10-13(14(12)19-3)21-8-20-10/h4,7,15H,1,5-6,8H2,2-3H3,(H,16,18)/p+1/t15-/m0/s1. The van der Waals surface area contributed by atoms with Gasteiger partial charge in [0.25, 0.3) is 0 Å². The fraction of sp³-hybridized carbons (Fsp3) is 0.400. The smallest absolute Gasteiger partial charge is 0.248 e. The normalized spacial score (nSPS) is 22.4. The molecule has 3 rings (SSSR count). The second-order valence-electron chi connectivity index (χ2n) is 5.21. The molecule has 2 atom stereocenters. The van der Waals surface area contributed by atoms with Gasteiger partial charge in [0.15, 0.2) is 17.7 Å². The van der Waals surface area contributed by atoms with Crippen LogP contribution in [-0.2, 0) is 11.2 Å². The third kappa shape index (κ3) is 2.21. The monoisotopic (exact) mass is 291 g/mol. The number of ether oxygens (including phenoxy) is 3. The zero-order chi connectivity index (χ0) is 15.0. The molecule has 2 N–H and O–H groups in total. The lowest BCUT2D eigenvalue weighted by Crippen LogP contribution is -3.12. The van der Waals surface area contributed by atoms with Gasteiger partial charge >= 0.3 is 0 Å². The first-order valence-corrected chi connectivity index (χ1v) is 6.90. The Bertz CT molecular complexity index is 600. The van der Waals surface area contributed by atoms with E-state index in [1.807, 2.05) is 13.1 Å². The molecule has 0 bridgehead atoms. The molecule has 0 saturated heterocycles. The first kappa shape index (κ1) is 13.8. The molecule has 0 saturated carbocycles. The van der Waals surface area contributed by atoms with Gasteiger partial charge in [-0.3, -0.25) is 10.1 Å². The minimum Gasteiger partial charge on any atom is -0.492 e. The zero-order valence-electron chi connectivity index (χ0n) is 12.2. The summed E-state index contributed by atoms with van der Waals surface area (Å²) in [6.07, 6.45) is 1.99. The van der Waals surface area contributed by atoms with Gasteiger partial charge in [-0.05, 0) is 17.7 Å². The van der Waals surface area contributed by atoms with E-state index < -0.39 is 0 Å². The van der Waals surface area contributed by atoms with Crippen LogP contribution in [0.15, 0.2) is 18.7 Å². The molecule has 0 aromatic heterocycles. The molecule has 0 fully saturated rings. The number of hydrogen-bond acceptors (Lipinski definition) is 4. The molecule has 1 unspecified atom stereocenters. The van der Waals surface area contributed by atoms with E-state index in [4.69, 9.17) is 14.2 Å². The summed E-state index contributed by atoms with van der Waals surface area (Å²) in [5, 5.41) is 2.97.